The molecule has 10 heteroatoms. The number of aryl methyl sites for hydroxylation is 1. The van der Waals surface area contributed by atoms with E-state index in [-0.39, 0.29) is 47.5 Å². The Bertz CT molecular complexity index is 1230. The lowest BCUT2D eigenvalue weighted by Gasteiger charge is -2.10. The van der Waals surface area contributed by atoms with E-state index in [1.807, 2.05) is 0 Å². The summed E-state index contributed by atoms with van der Waals surface area (Å²) in [6.07, 6.45) is 3.77. The van der Waals surface area contributed by atoms with Crippen LogP contribution < -0.4 is 5.56 Å². The molecule has 8 nitrogen and oxygen atoms in total. The minimum atomic E-state index is -3.09. The van der Waals surface area contributed by atoms with Crippen LogP contribution in [0.25, 0.3) is 11.0 Å². The van der Waals surface area contributed by atoms with Gasteiger partial charge in [-0.1, -0.05) is 12.1 Å². The van der Waals surface area contributed by atoms with Gasteiger partial charge in [0, 0.05) is 6.42 Å². The Morgan fingerprint density at radius 3 is 2.69 bits per heavy atom. The number of ketones is 1. The molecule has 1 atom stereocenters. The van der Waals surface area contributed by atoms with Crippen LogP contribution in [0.2, 0.25) is 0 Å². The SMILES string of the molecule is O=C(CCc1ccc(F)cc1)Cn1cnc2c(cnn2C2CCS(=O)(=O)C2)c1=O. The largest absolute Gasteiger partial charge is 0.298 e. The number of rotatable bonds is 6. The van der Waals surface area contributed by atoms with E-state index in [4.69, 9.17) is 0 Å². The Labute approximate surface area is 165 Å². The third-order valence-electron chi connectivity index (χ3n) is 5.09. The van der Waals surface area contributed by atoms with E-state index in [0.717, 1.165) is 5.56 Å². The molecule has 0 bridgehead atoms. The predicted molar refractivity (Wildman–Crippen MR) is 104 cm³/mol. The van der Waals surface area contributed by atoms with Crippen molar-refractivity contribution in [3.63, 3.8) is 0 Å². The second-order valence-corrected chi connectivity index (χ2v) is 9.45. The molecule has 1 unspecified atom stereocenters. The minimum absolute atomic E-state index is 0.0174. The quantitative estimate of drug-likeness (QED) is 0.598. The van der Waals surface area contributed by atoms with Gasteiger partial charge in [0.1, 0.15) is 17.5 Å². The number of hydrogen-bond acceptors (Lipinski definition) is 6. The molecule has 1 aliphatic rings. The van der Waals surface area contributed by atoms with Crippen LogP contribution in [0.1, 0.15) is 24.4 Å². The van der Waals surface area contributed by atoms with Gasteiger partial charge in [0.2, 0.25) is 0 Å². The maximum absolute atomic E-state index is 12.9. The van der Waals surface area contributed by atoms with Crippen molar-refractivity contribution in [2.24, 2.45) is 0 Å². The zero-order valence-corrected chi connectivity index (χ0v) is 16.3. The van der Waals surface area contributed by atoms with Crippen LogP contribution in [0, 0.1) is 5.82 Å². The van der Waals surface area contributed by atoms with Crippen LogP contribution in [0.4, 0.5) is 4.39 Å². The number of Topliss-reactive ketones (excluding diaryl/α,β-unsaturated/α-hetero) is 1. The van der Waals surface area contributed by atoms with E-state index >= 15 is 0 Å². The fraction of sp³-hybridized carbons (Fsp3) is 0.368. The van der Waals surface area contributed by atoms with Gasteiger partial charge in [-0.05, 0) is 30.5 Å². The number of hydrogen-bond donors (Lipinski definition) is 0. The van der Waals surface area contributed by atoms with E-state index in [0.29, 0.717) is 18.5 Å². The number of aromatic nitrogens is 4. The van der Waals surface area contributed by atoms with Crippen molar-refractivity contribution in [3.05, 3.63) is 58.5 Å². The molecule has 1 aliphatic heterocycles. The van der Waals surface area contributed by atoms with Crippen molar-refractivity contribution in [1.82, 2.24) is 19.3 Å². The van der Waals surface area contributed by atoms with Crippen molar-refractivity contribution < 1.29 is 17.6 Å². The van der Waals surface area contributed by atoms with E-state index in [1.165, 1.54) is 33.9 Å². The fourth-order valence-electron chi connectivity index (χ4n) is 3.52. The highest BCUT2D eigenvalue weighted by molar-refractivity contribution is 7.91. The molecule has 1 fully saturated rings. The van der Waals surface area contributed by atoms with Crippen molar-refractivity contribution in [2.75, 3.05) is 11.5 Å². The second-order valence-electron chi connectivity index (χ2n) is 7.23. The molecule has 0 saturated carbocycles. The molecule has 3 aromatic rings. The standard InChI is InChI=1S/C19H19FN4O4S/c20-14-4-1-13(2-5-14)3-6-16(25)10-23-12-21-18-17(19(23)26)9-22-24(18)15-7-8-29(27,28)11-15/h1-2,4-5,9,12,15H,3,6-8,10-11H2. The van der Waals surface area contributed by atoms with Crippen LogP contribution in [0.15, 0.2) is 41.6 Å². The van der Waals surface area contributed by atoms with Gasteiger partial charge in [0.25, 0.3) is 5.56 Å². The van der Waals surface area contributed by atoms with E-state index in [2.05, 4.69) is 10.1 Å². The lowest BCUT2D eigenvalue weighted by Crippen LogP contribution is -2.25. The normalized spacial score (nSPS) is 18.3. The maximum atomic E-state index is 12.9. The third-order valence-corrected chi connectivity index (χ3v) is 6.84. The average Bonchev–Trinajstić information content (AvgIpc) is 3.27. The van der Waals surface area contributed by atoms with Crippen LogP contribution in [-0.4, -0.2) is 45.0 Å². The second kappa shape index (κ2) is 7.51. The van der Waals surface area contributed by atoms with Gasteiger partial charge in [-0.25, -0.2) is 22.5 Å². The predicted octanol–water partition coefficient (Wildman–Crippen LogP) is 1.29. The van der Waals surface area contributed by atoms with Gasteiger partial charge in [0.15, 0.2) is 21.3 Å². The number of carbonyl (C=O) groups excluding carboxylic acids is 1. The van der Waals surface area contributed by atoms with Crippen molar-refractivity contribution in [3.8, 4) is 0 Å². The molecule has 4 rings (SSSR count). The first-order chi connectivity index (χ1) is 13.8. The number of sulfone groups is 1. The van der Waals surface area contributed by atoms with Crippen LogP contribution in [0.3, 0.4) is 0 Å². The van der Waals surface area contributed by atoms with Gasteiger partial charge >= 0.3 is 0 Å². The van der Waals surface area contributed by atoms with Gasteiger partial charge in [-0.15, -0.1) is 0 Å². The molecule has 0 aliphatic carbocycles. The lowest BCUT2D eigenvalue weighted by molar-refractivity contribution is -0.119. The summed E-state index contributed by atoms with van der Waals surface area (Å²) in [4.78, 5) is 29.2. The maximum Gasteiger partial charge on any atom is 0.264 e. The summed E-state index contributed by atoms with van der Waals surface area (Å²) in [5, 5.41) is 4.42. The zero-order valence-electron chi connectivity index (χ0n) is 15.5. The summed E-state index contributed by atoms with van der Waals surface area (Å²) in [6, 6.07) is 5.60. The van der Waals surface area contributed by atoms with E-state index in [1.54, 1.807) is 12.1 Å². The Morgan fingerprint density at radius 1 is 1.24 bits per heavy atom. The van der Waals surface area contributed by atoms with Gasteiger partial charge in [-0.3, -0.25) is 14.2 Å². The summed E-state index contributed by atoms with van der Waals surface area (Å²) in [5.74, 6) is -0.400. The lowest BCUT2D eigenvalue weighted by atomic mass is 10.1. The zero-order chi connectivity index (χ0) is 20.6. The Balaban J connectivity index is 1.48. The number of benzene rings is 1. The van der Waals surface area contributed by atoms with Crippen molar-refractivity contribution in [1.29, 1.82) is 0 Å². The highest BCUT2D eigenvalue weighted by atomic mass is 32.2. The Hall–Kier alpha value is -2.88. The minimum Gasteiger partial charge on any atom is -0.298 e. The van der Waals surface area contributed by atoms with E-state index < -0.39 is 15.4 Å². The first kappa shape index (κ1) is 19.4. The first-order valence-corrected chi connectivity index (χ1v) is 11.0. The molecule has 1 saturated heterocycles. The highest BCUT2D eigenvalue weighted by Crippen LogP contribution is 2.25. The molecule has 0 spiro atoms. The molecule has 0 amide bonds. The molecule has 2 aromatic heterocycles. The topological polar surface area (TPSA) is 104 Å². The first-order valence-electron chi connectivity index (χ1n) is 9.21. The molecule has 0 N–H and O–H groups in total. The number of halogens is 1. The monoisotopic (exact) mass is 418 g/mol. The molecule has 152 valence electrons. The summed E-state index contributed by atoms with van der Waals surface area (Å²) in [6.45, 7) is -0.119. The number of fused-ring (bicyclic) bond motifs is 1. The van der Waals surface area contributed by atoms with E-state index in [9.17, 15) is 22.4 Å². The summed E-state index contributed by atoms with van der Waals surface area (Å²) < 4.78 is 39.1. The van der Waals surface area contributed by atoms with Gasteiger partial charge in [0.05, 0.1) is 30.3 Å². The Kier molecular flexibility index (Phi) is 5.03. The molecular weight excluding hydrogens is 399 g/mol. The van der Waals surface area contributed by atoms with Crippen LogP contribution in [0.5, 0.6) is 0 Å². The molecule has 29 heavy (non-hydrogen) atoms. The fourth-order valence-corrected chi connectivity index (χ4v) is 5.21. The smallest absolute Gasteiger partial charge is 0.264 e. The van der Waals surface area contributed by atoms with Gasteiger partial charge in [-0.2, -0.15) is 5.10 Å². The summed E-state index contributed by atoms with van der Waals surface area (Å²) in [7, 11) is -3.09. The summed E-state index contributed by atoms with van der Waals surface area (Å²) in [5.41, 5.74) is 0.776. The molecule has 0 radical (unpaired) electrons. The van der Waals surface area contributed by atoms with Crippen molar-refractivity contribution in [2.45, 2.75) is 31.8 Å². The number of carbonyl (C=O) groups is 1. The van der Waals surface area contributed by atoms with Crippen LogP contribution >= 0.6 is 0 Å². The number of nitrogens with zero attached hydrogens (tertiary/aromatic N) is 4. The molecular formula is C19H19FN4O4S. The molecule has 1 aromatic carbocycles. The summed E-state index contributed by atoms with van der Waals surface area (Å²) >= 11 is 0. The third kappa shape index (κ3) is 4.12. The average molecular weight is 418 g/mol. The Morgan fingerprint density at radius 2 is 2.00 bits per heavy atom. The van der Waals surface area contributed by atoms with Crippen molar-refractivity contribution >= 4 is 26.7 Å². The molecule has 3 heterocycles. The van der Waals surface area contributed by atoms with Gasteiger partial charge < -0.3 is 0 Å². The van der Waals surface area contributed by atoms with Crippen LogP contribution in [-0.2, 0) is 27.6 Å². The highest BCUT2D eigenvalue weighted by Gasteiger charge is 2.31.